The molecule has 9 heteroatoms. The van der Waals surface area contributed by atoms with Crippen LogP contribution in [-0.4, -0.2) is 32.7 Å². The summed E-state index contributed by atoms with van der Waals surface area (Å²) in [7, 11) is -3.23. The maximum atomic E-state index is 11.4. The normalized spacial score (nSPS) is 11.2. The summed E-state index contributed by atoms with van der Waals surface area (Å²) in [5, 5.41) is 14.1. The summed E-state index contributed by atoms with van der Waals surface area (Å²) >= 11 is 6.07. The molecule has 0 unspecified atom stereocenters. The predicted molar refractivity (Wildman–Crippen MR) is 96.4 cm³/mol. The average molecular weight is 385 g/mol. The monoisotopic (exact) mass is 384 g/mol. The lowest BCUT2D eigenvalue weighted by Crippen LogP contribution is -2.12. The molecule has 0 aliphatic carbocycles. The fourth-order valence-corrected chi connectivity index (χ4v) is 3.14. The highest BCUT2D eigenvalue weighted by Gasteiger charge is 2.13. The first kappa shape index (κ1) is 19.0. The molecule has 0 saturated heterocycles. The molecule has 0 saturated carbocycles. The van der Waals surface area contributed by atoms with Crippen molar-refractivity contribution in [1.29, 1.82) is 0 Å². The van der Waals surface area contributed by atoms with E-state index in [1.54, 1.807) is 19.1 Å². The maximum absolute atomic E-state index is 11.4. The lowest BCUT2D eigenvalue weighted by Gasteiger charge is -2.12. The number of aryl methyl sites for hydroxylation is 1. The van der Waals surface area contributed by atoms with Crippen LogP contribution in [0.25, 0.3) is 0 Å². The molecule has 134 valence electrons. The molecule has 0 bridgehead atoms. The fourth-order valence-electron chi connectivity index (χ4n) is 2.18. The summed E-state index contributed by atoms with van der Waals surface area (Å²) in [6, 6.07) is 8.87. The molecule has 0 aliphatic heterocycles. The lowest BCUT2D eigenvalue weighted by atomic mass is 10.2. The molecule has 7 nitrogen and oxygen atoms in total. The van der Waals surface area contributed by atoms with E-state index in [4.69, 9.17) is 16.3 Å². The lowest BCUT2D eigenvalue weighted by molar-refractivity contribution is -0.384. The molecular weight excluding hydrogens is 368 g/mol. The minimum absolute atomic E-state index is 0.0599. The average Bonchev–Trinajstić information content (AvgIpc) is 2.52. The highest BCUT2D eigenvalue weighted by atomic mass is 35.5. The van der Waals surface area contributed by atoms with E-state index in [1.165, 1.54) is 24.3 Å². The van der Waals surface area contributed by atoms with Crippen molar-refractivity contribution in [3.8, 4) is 5.75 Å². The van der Waals surface area contributed by atoms with E-state index in [2.05, 4.69) is 5.32 Å². The van der Waals surface area contributed by atoms with Crippen LogP contribution in [0.5, 0.6) is 5.75 Å². The Balaban J connectivity index is 1.92. The van der Waals surface area contributed by atoms with E-state index < -0.39 is 14.8 Å². The van der Waals surface area contributed by atoms with Gasteiger partial charge < -0.3 is 10.1 Å². The zero-order valence-corrected chi connectivity index (χ0v) is 15.2. The number of nitrogens with zero attached hydrogens (tertiary/aromatic N) is 1. The van der Waals surface area contributed by atoms with E-state index in [1.807, 2.05) is 0 Å². The van der Waals surface area contributed by atoms with Crippen molar-refractivity contribution >= 4 is 32.8 Å². The summed E-state index contributed by atoms with van der Waals surface area (Å²) < 4.78 is 28.3. The van der Waals surface area contributed by atoms with Gasteiger partial charge in [0.2, 0.25) is 0 Å². The van der Waals surface area contributed by atoms with Gasteiger partial charge in [0.1, 0.15) is 12.4 Å². The molecule has 0 radical (unpaired) electrons. The van der Waals surface area contributed by atoms with Gasteiger partial charge in [-0.15, -0.1) is 0 Å². The van der Waals surface area contributed by atoms with Gasteiger partial charge in [-0.3, -0.25) is 10.1 Å². The van der Waals surface area contributed by atoms with Gasteiger partial charge in [0.15, 0.2) is 9.84 Å². The van der Waals surface area contributed by atoms with Crippen molar-refractivity contribution in [3.05, 3.63) is 57.1 Å². The van der Waals surface area contributed by atoms with Gasteiger partial charge in [0, 0.05) is 24.9 Å². The number of nitro benzene ring substituents is 1. The van der Waals surface area contributed by atoms with Crippen LogP contribution in [0.4, 0.5) is 11.4 Å². The number of hydrogen-bond acceptors (Lipinski definition) is 6. The summed E-state index contributed by atoms with van der Waals surface area (Å²) in [4.78, 5) is 10.5. The molecule has 0 heterocycles. The second-order valence-corrected chi connectivity index (χ2v) is 7.82. The third-order valence-corrected chi connectivity index (χ3v) is 4.83. The van der Waals surface area contributed by atoms with E-state index in [-0.39, 0.29) is 15.6 Å². The van der Waals surface area contributed by atoms with Gasteiger partial charge >= 0.3 is 0 Å². The van der Waals surface area contributed by atoms with Crippen LogP contribution in [-0.2, 0) is 9.84 Å². The molecule has 0 spiro atoms. The first-order chi connectivity index (χ1) is 11.7. The molecule has 0 amide bonds. The topological polar surface area (TPSA) is 98.5 Å². The number of benzene rings is 2. The van der Waals surface area contributed by atoms with Crippen molar-refractivity contribution in [2.75, 3.05) is 24.7 Å². The van der Waals surface area contributed by atoms with E-state index >= 15 is 0 Å². The molecule has 2 aromatic rings. The Bertz CT molecular complexity index is 859. The van der Waals surface area contributed by atoms with Crippen molar-refractivity contribution in [1.82, 2.24) is 0 Å². The molecule has 0 fully saturated rings. The standard InChI is InChI=1S/C16H17ClN2O5S/c1-11-9-12(19(20)21)10-15(17)16(11)18-7-8-24-13-3-5-14(6-4-13)25(2,22)23/h3-6,9-10,18H,7-8H2,1-2H3. The third-order valence-electron chi connectivity index (χ3n) is 3.41. The second kappa shape index (κ2) is 7.71. The largest absolute Gasteiger partial charge is 0.492 e. The zero-order chi connectivity index (χ0) is 18.6. The predicted octanol–water partition coefficient (Wildman–Crippen LogP) is 3.45. The smallest absolute Gasteiger partial charge is 0.271 e. The summed E-state index contributed by atoms with van der Waals surface area (Å²) in [6.45, 7) is 2.46. The Morgan fingerprint density at radius 1 is 1.24 bits per heavy atom. The summed E-state index contributed by atoms with van der Waals surface area (Å²) in [5.41, 5.74) is 1.22. The van der Waals surface area contributed by atoms with Crippen LogP contribution >= 0.6 is 11.6 Å². The van der Waals surface area contributed by atoms with Gasteiger partial charge in [-0.1, -0.05) is 11.6 Å². The van der Waals surface area contributed by atoms with Gasteiger partial charge in [-0.2, -0.15) is 0 Å². The van der Waals surface area contributed by atoms with Crippen LogP contribution in [0.1, 0.15) is 5.56 Å². The first-order valence-corrected chi connectivity index (χ1v) is 9.57. The number of sulfone groups is 1. The minimum Gasteiger partial charge on any atom is -0.492 e. The molecule has 0 aliphatic rings. The van der Waals surface area contributed by atoms with Crippen LogP contribution < -0.4 is 10.1 Å². The van der Waals surface area contributed by atoms with E-state index in [0.29, 0.717) is 30.2 Å². The highest BCUT2D eigenvalue weighted by molar-refractivity contribution is 7.90. The van der Waals surface area contributed by atoms with Crippen molar-refractivity contribution < 1.29 is 18.1 Å². The Morgan fingerprint density at radius 3 is 2.40 bits per heavy atom. The van der Waals surface area contributed by atoms with E-state index in [9.17, 15) is 18.5 Å². The van der Waals surface area contributed by atoms with Crippen molar-refractivity contribution in [2.24, 2.45) is 0 Å². The molecule has 2 rings (SSSR count). The van der Waals surface area contributed by atoms with Gasteiger partial charge in [0.25, 0.3) is 5.69 Å². The van der Waals surface area contributed by atoms with Crippen LogP contribution in [0.2, 0.25) is 5.02 Å². The molecule has 25 heavy (non-hydrogen) atoms. The van der Waals surface area contributed by atoms with Gasteiger partial charge in [-0.05, 0) is 36.8 Å². The number of non-ortho nitro benzene ring substituents is 1. The third kappa shape index (κ3) is 5.07. The first-order valence-electron chi connectivity index (χ1n) is 7.30. The SMILES string of the molecule is Cc1cc([N+](=O)[O-])cc(Cl)c1NCCOc1ccc(S(C)(=O)=O)cc1. The van der Waals surface area contributed by atoms with E-state index in [0.717, 1.165) is 6.26 Å². The minimum atomic E-state index is -3.23. The summed E-state index contributed by atoms with van der Waals surface area (Å²) in [5.74, 6) is 0.542. The van der Waals surface area contributed by atoms with Crippen LogP contribution in [0, 0.1) is 17.0 Å². The quantitative estimate of drug-likeness (QED) is 0.446. The zero-order valence-electron chi connectivity index (χ0n) is 13.7. The highest BCUT2D eigenvalue weighted by Crippen LogP contribution is 2.30. The number of hydrogen-bond donors (Lipinski definition) is 1. The molecule has 1 N–H and O–H groups in total. The van der Waals surface area contributed by atoms with Crippen molar-refractivity contribution in [3.63, 3.8) is 0 Å². The Hall–Kier alpha value is -2.32. The Labute approximate surface area is 150 Å². The van der Waals surface area contributed by atoms with Gasteiger partial charge in [0.05, 0.1) is 20.5 Å². The fraction of sp³-hybridized carbons (Fsp3) is 0.250. The molecule has 0 atom stereocenters. The van der Waals surface area contributed by atoms with Crippen LogP contribution in [0.3, 0.4) is 0 Å². The summed E-state index contributed by atoms with van der Waals surface area (Å²) in [6.07, 6.45) is 1.14. The van der Waals surface area contributed by atoms with Crippen LogP contribution in [0.15, 0.2) is 41.3 Å². The number of rotatable bonds is 7. The molecule has 2 aromatic carbocycles. The number of nitrogens with one attached hydrogen (secondary N) is 1. The van der Waals surface area contributed by atoms with Gasteiger partial charge in [-0.25, -0.2) is 8.42 Å². The Kier molecular flexibility index (Phi) is 5.86. The number of halogens is 1. The maximum Gasteiger partial charge on any atom is 0.271 e. The van der Waals surface area contributed by atoms with Crippen molar-refractivity contribution in [2.45, 2.75) is 11.8 Å². The Morgan fingerprint density at radius 2 is 1.88 bits per heavy atom. The number of nitro groups is 1. The number of anilines is 1. The second-order valence-electron chi connectivity index (χ2n) is 5.40. The molecular formula is C16H17ClN2O5S. The molecule has 0 aromatic heterocycles. The number of ether oxygens (including phenoxy) is 1.